The van der Waals surface area contributed by atoms with E-state index in [1.165, 1.54) is 6.08 Å². The number of aryl methyl sites for hydroxylation is 1. The van der Waals surface area contributed by atoms with E-state index < -0.39 is 11.6 Å². The molecule has 0 saturated carbocycles. The molecule has 0 spiro atoms. The fourth-order valence-corrected chi connectivity index (χ4v) is 2.63. The number of hydrogen-bond acceptors (Lipinski definition) is 2. The van der Waals surface area contributed by atoms with Gasteiger partial charge in [-0.05, 0) is 19.4 Å². The predicted molar refractivity (Wildman–Crippen MR) is 87.9 cm³/mol. The largest absolute Gasteiger partial charge is 0.458 e. The molecule has 1 atom stereocenters. The molecular weight excluding hydrogens is 322 g/mol. The summed E-state index contributed by atoms with van der Waals surface area (Å²) in [5, 5.41) is 0.388. The topological polar surface area (TPSA) is 37.4 Å². The molecule has 23 heavy (non-hydrogen) atoms. The van der Waals surface area contributed by atoms with Gasteiger partial charge < -0.3 is 9.72 Å². The monoisotopic (exact) mass is 336 g/mol. The average molecular weight is 337 g/mol. The maximum absolute atomic E-state index is 14.6. The second kappa shape index (κ2) is 6.16. The van der Waals surface area contributed by atoms with E-state index in [4.69, 9.17) is 16.3 Å². The van der Waals surface area contributed by atoms with Gasteiger partial charge >= 0.3 is 0 Å². The molecule has 2 aromatic rings. The zero-order valence-electron chi connectivity index (χ0n) is 12.7. The van der Waals surface area contributed by atoms with Gasteiger partial charge in [-0.3, -0.25) is 0 Å². The molecule has 0 amide bonds. The minimum atomic E-state index is -0.607. The molecule has 0 saturated heterocycles. The second-order valence-corrected chi connectivity index (χ2v) is 5.92. The molecule has 1 N–H and O–H groups in total. The number of benzene rings is 1. The average Bonchev–Trinajstić information content (AvgIpc) is 2.89. The number of rotatable bonds is 2. The standard InChI is InChI=1S/C17H15ClF2N2O/c1-9-4-3-5-21-15(18)8-13(9)23-14-7-12(19)17-11(16(14)20)6-10(2)22-17/h3,5-9,22H,4H2,1-2H3/b5-3+,13-8+,21-15+. The Morgan fingerprint density at radius 2 is 2.13 bits per heavy atom. The summed E-state index contributed by atoms with van der Waals surface area (Å²) in [6, 6.07) is 2.59. The van der Waals surface area contributed by atoms with Crippen molar-refractivity contribution in [2.75, 3.05) is 0 Å². The Morgan fingerprint density at radius 1 is 1.35 bits per heavy atom. The third kappa shape index (κ3) is 3.15. The molecule has 1 aliphatic rings. The summed E-state index contributed by atoms with van der Waals surface area (Å²) < 4.78 is 34.4. The third-order valence-corrected chi connectivity index (χ3v) is 3.88. The first-order chi connectivity index (χ1) is 11.0. The SMILES string of the molecule is Cc1cc2c(F)c(O/C3=C/C(Cl)=N\C=C\CC3C)cc(F)c2[nH]1. The molecular formula is C17H15ClF2N2O. The van der Waals surface area contributed by atoms with Gasteiger partial charge in [-0.15, -0.1) is 0 Å². The summed E-state index contributed by atoms with van der Waals surface area (Å²) in [4.78, 5) is 6.77. The Balaban J connectivity index is 2.04. The van der Waals surface area contributed by atoms with E-state index in [0.717, 1.165) is 6.07 Å². The van der Waals surface area contributed by atoms with Gasteiger partial charge in [0.2, 0.25) is 0 Å². The van der Waals surface area contributed by atoms with Gasteiger partial charge in [-0.2, -0.15) is 0 Å². The maximum Gasteiger partial charge on any atom is 0.175 e. The minimum Gasteiger partial charge on any atom is -0.458 e. The summed E-state index contributed by atoms with van der Waals surface area (Å²) in [7, 11) is 0. The molecule has 1 aliphatic heterocycles. The lowest BCUT2D eigenvalue weighted by Gasteiger charge is -2.17. The summed E-state index contributed by atoms with van der Waals surface area (Å²) in [6.45, 7) is 3.65. The van der Waals surface area contributed by atoms with Crippen LogP contribution in [-0.4, -0.2) is 10.2 Å². The summed E-state index contributed by atoms with van der Waals surface area (Å²) >= 11 is 5.96. The van der Waals surface area contributed by atoms with Crippen molar-refractivity contribution in [3.05, 3.63) is 53.6 Å². The number of aromatic nitrogens is 1. The van der Waals surface area contributed by atoms with Crippen LogP contribution in [0.5, 0.6) is 5.75 Å². The number of halogens is 3. The molecule has 1 aromatic carbocycles. The lowest BCUT2D eigenvalue weighted by Crippen LogP contribution is -2.09. The molecule has 120 valence electrons. The molecule has 0 fully saturated rings. The molecule has 1 aromatic heterocycles. The van der Waals surface area contributed by atoms with Crippen molar-refractivity contribution < 1.29 is 13.5 Å². The van der Waals surface area contributed by atoms with Crippen LogP contribution in [0.25, 0.3) is 10.9 Å². The van der Waals surface area contributed by atoms with Gasteiger partial charge in [0.25, 0.3) is 0 Å². The van der Waals surface area contributed by atoms with Crippen molar-refractivity contribution in [1.29, 1.82) is 0 Å². The number of hydrogen-bond donors (Lipinski definition) is 1. The van der Waals surface area contributed by atoms with Crippen LogP contribution in [0.15, 0.2) is 41.2 Å². The number of aliphatic imine (C=N–C) groups is 1. The van der Waals surface area contributed by atoms with E-state index in [-0.39, 0.29) is 27.7 Å². The summed E-state index contributed by atoms with van der Waals surface area (Å²) in [5.41, 5.74) is 0.809. The number of ether oxygens (including phenoxy) is 1. The lowest BCUT2D eigenvalue weighted by atomic mass is 10.0. The third-order valence-electron chi connectivity index (χ3n) is 3.67. The Kier molecular flexibility index (Phi) is 4.22. The van der Waals surface area contributed by atoms with Crippen molar-refractivity contribution in [1.82, 2.24) is 4.98 Å². The fourth-order valence-electron chi connectivity index (χ4n) is 2.47. The zero-order valence-corrected chi connectivity index (χ0v) is 13.4. The van der Waals surface area contributed by atoms with Crippen LogP contribution in [0.2, 0.25) is 0 Å². The van der Waals surface area contributed by atoms with Crippen molar-refractivity contribution in [2.45, 2.75) is 20.3 Å². The van der Waals surface area contributed by atoms with Gasteiger partial charge in [0.15, 0.2) is 17.4 Å². The van der Waals surface area contributed by atoms with Crippen molar-refractivity contribution in [3.8, 4) is 5.75 Å². The van der Waals surface area contributed by atoms with Gasteiger partial charge in [0.1, 0.15) is 10.9 Å². The van der Waals surface area contributed by atoms with Gasteiger partial charge in [0.05, 0.1) is 5.52 Å². The number of aromatic amines is 1. The predicted octanol–water partition coefficient (Wildman–Crippen LogP) is 5.21. The van der Waals surface area contributed by atoms with Crippen LogP contribution in [-0.2, 0) is 0 Å². The first-order valence-electron chi connectivity index (χ1n) is 7.20. The minimum absolute atomic E-state index is 0.0402. The number of fused-ring (bicyclic) bond motifs is 1. The molecule has 6 heteroatoms. The van der Waals surface area contributed by atoms with Crippen molar-refractivity contribution in [2.24, 2.45) is 10.9 Å². The quantitative estimate of drug-likeness (QED) is 0.803. The molecule has 3 nitrogen and oxygen atoms in total. The number of nitrogens with zero attached hydrogens (tertiary/aromatic N) is 1. The number of nitrogens with one attached hydrogen (secondary N) is 1. The van der Waals surface area contributed by atoms with E-state index >= 15 is 0 Å². The molecule has 0 aliphatic carbocycles. The van der Waals surface area contributed by atoms with Crippen molar-refractivity contribution in [3.63, 3.8) is 0 Å². The number of allylic oxidation sites excluding steroid dienone is 3. The second-order valence-electron chi connectivity index (χ2n) is 5.53. The molecule has 1 unspecified atom stereocenters. The zero-order chi connectivity index (χ0) is 16.6. The van der Waals surface area contributed by atoms with Crippen LogP contribution in [0.4, 0.5) is 8.78 Å². The van der Waals surface area contributed by atoms with Gasteiger partial charge in [0, 0.05) is 35.3 Å². The summed E-state index contributed by atoms with van der Waals surface area (Å²) in [5.74, 6) is -0.941. The highest BCUT2D eigenvalue weighted by Gasteiger charge is 2.19. The van der Waals surface area contributed by atoms with Crippen molar-refractivity contribution >= 4 is 27.7 Å². The first kappa shape index (κ1) is 15.7. The van der Waals surface area contributed by atoms with Crippen LogP contribution in [0.3, 0.4) is 0 Å². The highest BCUT2D eigenvalue weighted by Crippen LogP contribution is 2.32. The first-order valence-corrected chi connectivity index (χ1v) is 7.58. The highest BCUT2D eigenvalue weighted by atomic mass is 35.5. The van der Waals surface area contributed by atoms with Gasteiger partial charge in [-0.25, -0.2) is 13.8 Å². The van der Waals surface area contributed by atoms with E-state index in [1.54, 1.807) is 19.2 Å². The summed E-state index contributed by atoms with van der Waals surface area (Å²) in [6.07, 6.45) is 5.65. The van der Waals surface area contributed by atoms with E-state index in [9.17, 15) is 8.78 Å². The highest BCUT2D eigenvalue weighted by molar-refractivity contribution is 6.68. The maximum atomic E-state index is 14.6. The Bertz CT molecular complexity index is 852. The smallest absolute Gasteiger partial charge is 0.175 e. The number of H-pyrrole nitrogens is 1. The van der Waals surface area contributed by atoms with E-state index in [2.05, 4.69) is 9.98 Å². The van der Waals surface area contributed by atoms with Crippen LogP contribution in [0.1, 0.15) is 19.0 Å². The Morgan fingerprint density at radius 3 is 2.91 bits per heavy atom. The Labute approximate surface area is 137 Å². The van der Waals surface area contributed by atoms with E-state index in [1.807, 2.05) is 13.0 Å². The Hall–Kier alpha value is -2.14. The molecule has 3 rings (SSSR count). The molecule has 0 bridgehead atoms. The van der Waals surface area contributed by atoms with Crippen LogP contribution < -0.4 is 4.74 Å². The normalized spacial score (nSPS) is 24.3. The van der Waals surface area contributed by atoms with Gasteiger partial charge in [-0.1, -0.05) is 24.6 Å². The lowest BCUT2D eigenvalue weighted by molar-refractivity contribution is 0.341. The fraction of sp³-hybridized carbons (Fsp3) is 0.235. The van der Waals surface area contributed by atoms with E-state index in [0.29, 0.717) is 17.9 Å². The van der Waals surface area contributed by atoms with Crippen LogP contribution >= 0.6 is 11.6 Å². The molecule has 2 heterocycles. The molecule has 0 radical (unpaired) electrons. The van der Waals surface area contributed by atoms with Crippen LogP contribution in [0, 0.1) is 24.5 Å².